The molecular formula is C8H18NPSi2. The van der Waals surface area contributed by atoms with Crippen molar-refractivity contribution in [2.24, 2.45) is 0 Å². The Bertz CT molecular complexity index is 211. The lowest BCUT2D eigenvalue weighted by Crippen LogP contribution is -2.48. The Kier molecular flexibility index (Phi) is 3.90. The summed E-state index contributed by atoms with van der Waals surface area (Å²) in [7, 11) is -1.45. The highest BCUT2D eigenvalue weighted by Gasteiger charge is 2.31. The monoisotopic (exact) mass is 215 g/mol. The summed E-state index contributed by atoms with van der Waals surface area (Å²) >= 11 is 0. The number of hydrogen-bond donors (Lipinski definition) is 0. The Morgan fingerprint density at radius 2 is 1.33 bits per heavy atom. The maximum atomic E-state index is 8.72. The second kappa shape index (κ2) is 3.87. The van der Waals surface area contributed by atoms with E-state index in [9.17, 15) is 0 Å². The van der Waals surface area contributed by atoms with Gasteiger partial charge in [0.15, 0.2) is 0 Å². The molecule has 0 rings (SSSR count). The van der Waals surface area contributed by atoms with Gasteiger partial charge < -0.3 is 0 Å². The fourth-order valence-electron chi connectivity index (χ4n) is 1.51. The van der Waals surface area contributed by atoms with Crippen LogP contribution >= 0.6 is 8.20 Å². The van der Waals surface area contributed by atoms with Crippen molar-refractivity contribution < 1.29 is 0 Å². The molecule has 0 aliphatic heterocycles. The molecule has 0 fully saturated rings. The van der Waals surface area contributed by atoms with E-state index in [2.05, 4.69) is 45.1 Å². The molecular weight excluding hydrogens is 197 g/mol. The third-order valence-electron chi connectivity index (χ3n) is 1.58. The predicted octanol–water partition coefficient (Wildman–Crippen LogP) is 3.34. The van der Waals surface area contributed by atoms with Crippen LogP contribution < -0.4 is 0 Å². The Morgan fingerprint density at radius 3 is 1.42 bits per heavy atom. The Labute approximate surface area is 79.6 Å². The standard InChI is InChI=1S/C8H18NPSi2/c1-11(2,3)8(10-7-9)12(4,5)6/h1-6H3. The number of hydrogen-bond acceptors (Lipinski definition) is 1. The molecule has 0 unspecified atom stereocenters. The first-order valence-corrected chi connectivity index (χ1v) is 12.1. The van der Waals surface area contributed by atoms with Crippen molar-refractivity contribution in [3.05, 3.63) is 0 Å². The lowest BCUT2D eigenvalue weighted by molar-refractivity contribution is 1.57. The third-order valence-corrected chi connectivity index (χ3v) is 13.9. The van der Waals surface area contributed by atoms with Crippen LogP contribution in [0.25, 0.3) is 0 Å². The van der Waals surface area contributed by atoms with E-state index in [1.807, 2.05) is 0 Å². The molecule has 0 aromatic heterocycles. The average Bonchev–Trinajstić information content (AvgIpc) is 1.77. The van der Waals surface area contributed by atoms with Gasteiger partial charge in [-0.15, -0.1) is 0 Å². The summed E-state index contributed by atoms with van der Waals surface area (Å²) in [5.41, 5.74) is 0. The van der Waals surface area contributed by atoms with Crippen LogP contribution in [0.2, 0.25) is 39.3 Å². The molecule has 0 aliphatic carbocycles. The molecule has 0 N–H and O–H groups in total. The van der Waals surface area contributed by atoms with Gasteiger partial charge in [0.1, 0.15) is 5.81 Å². The van der Waals surface area contributed by atoms with E-state index in [4.69, 9.17) is 5.26 Å². The number of nitrogens with zero attached hydrogens (tertiary/aromatic N) is 1. The molecule has 12 heavy (non-hydrogen) atoms. The summed E-state index contributed by atoms with van der Waals surface area (Å²) in [5.74, 6) is 2.29. The third kappa shape index (κ3) is 3.66. The van der Waals surface area contributed by atoms with Crippen molar-refractivity contribution in [3.63, 3.8) is 0 Å². The summed E-state index contributed by atoms with van der Waals surface area (Å²) in [6.45, 7) is 14.0. The summed E-state index contributed by atoms with van der Waals surface area (Å²) < 4.78 is 1.58. The van der Waals surface area contributed by atoms with Crippen LogP contribution in [0.5, 0.6) is 0 Å². The first-order valence-electron chi connectivity index (χ1n) is 4.17. The zero-order chi connectivity index (χ0) is 9.99. The fourth-order valence-corrected chi connectivity index (χ4v) is 13.6. The zero-order valence-electron chi connectivity index (χ0n) is 8.89. The van der Waals surface area contributed by atoms with E-state index in [0.717, 1.165) is 8.20 Å². The quantitative estimate of drug-likeness (QED) is 0.512. The van der Waals surface area contributed by atoms with Crippen molar-refractivity contribution in [2.75, 3.05) is 0 Å². The molecule has 0 amide bonds. The summed E-state index contributed by atoms with van der Waals surface area (Å²) in [6, 6.07) is 0. The van der Waals surface area contributed by atoms with E-state index in [0.29, 0.717) is 0 Å². The van der Waals surface area contributed by atoms with E-state index in [1.165, 1.54) is 0 Å². The minimum atomic E-state index is -1.20. The molecule has 0 aliphatic rings. The van der Waals surface area contributed by atoms with Gasteiger partial charge in [0.25, 0.3) is 0 Å². The van der Waals surface area contributed by atoms with E-state index in [1.54, 1.807) is 4.54 Å². The lowest BCUT2D eigenvalue weighted by atomic mass is 11.7. The van der Waals surface area contributed by atoms with Crippen LogP contribution in [-0.4, -0.2) is 20.7 Å². The molecule has 4 heteroatoms. The minimum Gasteiger partial charge on any atom is -0.188 e. The Balaban J connectivity index is 5.00. The van der Waals surface area contributed by atoms with Crippen molar-refractivity contribution in [2.45, 2.75) is 39.3 Å². The van der Waals surface area contributed by atoms with Crippen LogP contribution in [-0.2, 0) is 0 Å². The fraction of sp³-hybridized carbons (Fsp3) is 0.750. The van der Waals surface area contributed by atoms with Crippen LogP contribution in [0.3, 0.4) is 0 Å². The number of nitriles is 1. The molecule has 1 nitrogen and oxygen atoms in total. The molecule has 0 atom stereocenters. The van der Waals surface area contributed by atoms with Gasteiger partial charge in [0, 0.05) is 8.20 Å². The van der Waals surface area contributed by atoms with Crippen LogP contribution in [0, 0.1) is 11.1 Å². The molecule has 0 bridgehead atoms. The van der Waals surface area contributed by atoms with Gasteiger partial charge in [0.05, 0.1) is 16.1 Å². The lowest BCUT2D eigenvalue weighted by Gasteiger charge is -2.29. The molecule has 68 valence electrons. The van der Waals surface area contributed by atoms with Gasteiger partial charge in [-0.2, -0.15) is 5.26 Å². The second-order valence-corrected chi connectivity index (χ2v) is 17.3. The van der Waals surface area contributed by atoms with Gasteiger partial charge in [-0.1, -0.05) is 43.8 Å². The first kappa shape index (κ1) is 12.1. The van der Waals surface area contributed by atoms with E-state index < -0.39 is 16.1 Å². The zero-order valence-corrected chi connectivity index (χ0v) is 11.8. The molecule has 0 aromatic carbocycles. The molecule has 0 spiro atoms. The summed E-state index contributed by atoms with van der Waals surface area (Å²) in [6.07, 6.45) is 0. The van der Waals surface area contributed by atoms with Gasteiger partial charge in [-0.25, -0.2) is 0 Å². The second-order valence-electron chi connectivity index (χ2n) is 5.06. The highest BCUT2D eigenvalue weighted by atomic mass is 31.1. The van der Waals surface area contributed by atoms with Crippen LogP contribution in [0.15, 0.2) is 0 Å². The molecule has 0 saturated heterocycles. The molecule has 0 saturated carbocycles. The average molecular weight is 215 g/mol. The summed E-state index contributed by atoms with van der Waals surface area (Å²) in [4.78, 5) is 0. The largest absolute Gasteiger partial charge is 0.188 e. The van der Waals surface area contributed by atoms with E-state index >= 15 is 0 Å². The Morgan fingerprint density at radius 1 is 1.00 bits per heavy atom. The normalized spacial score (nSPS) is 12.8. The van der Waals surface area contributed by atoms with Crippen molar-refractivity contribution in [3.8, 4) is 5.81 Å². The van der Waals surface area contributed by atoms with E-state index in [-0.39, 0.29) is 0 Å². The topological polar surface area (TPSA) is 23.8 Å². The minimum absolute atomic E-state index is 0.945. The smallest absolute Gasteiger partial charge is 0.121 e. The highest BCUT2D eigenvalue weighted by Crippen LogP contribution is 2.20. The predicted molar refractivity (Wildman–Crippen MR) is 64.2 cm³/mol. The molecule has 0 aromatic rings. The van der Waals surface area contributed by atoms with Crippen molar-refractivity contribution in [1.82, 2.24) is 0 Å². The molecule has 0 radical (unpaired) electrons. The molecule has 0 heterocycles. The Hall–Kier alpha value is 0.0938. The highest BCUT2D eigenvalue weighted by molar-refractivity contribution is 7.65. The van der Waals surface area contributed by atoms with Gasteiger partial charge >= 0.3 is 0 Å². The van der Waals surface area contributed by atoms with Crippen LogP contribution in [0.4, 0.5) is 0 Å². The number of rotatable bonds is 2. The van der Waals surface area contributed by atoms with Crippen molar-refractivity contribution in [1.29, 1.82) is 5.26 Å². The first-order chi connectivity index (χ1) is 5.19. The summed E-state index contributed by atoms with van der Waals surface area (Å²) in [5, 5.41) is 8.72. The maximum absolute atomic E-state index is 8.72. The van der Waals surface area contributed by atoms with Crippen LogP contribution in [0.1, 0.15) is 0 Å². The van der Waals surface area contributed by atoms with Gasteiger partial charge in [-0.05, 0) is 0 Å². The van der Waals surface area contributed by atoms with Crippen molar-refractivity contribution >= 4 is 28.9 Å². The van der Waals surface area contributed by atoms with Gasteiger partial charge in [0.2, 0.25) is 0 Å². The SMILES string of the molecule is C[Si](C)(C)C(=PC#N)[Si](C)(C)C. The maximum Gasteiger partial charge on any atom is 0.121 e. The van der Waals surface area contributed by atoms with Gasteiger partial charge in [-0.3, -0.25) is 0 Å².